The zero-order chi connectivity index (χ0) is 20.8. The number of nitrogens with one attached hydrogen (secondary N) is 3. The van der Waals surface area contributed by atoms with Gasteiger partial charge in [0.15, 0.2) is 0 Å². The van der Waals surface area contributed by atoms with Gasteiger partial charge in [0.25, 0.3) is 0 Å². The summed E-state index contributed by atoms with van der Waals surface area (Å²) in [5.74, 6) is 2.47. The highest BCUT2D eigenvalue weighted by Gasteiger charge is 2.56. The largest absolute Gasteiger partial charge is 0.497 e. The Kier molecular flexibility index (Phi) is 4.99. The fourth-order valence-electron chi connectivity index (χ4n) is 6.21. The lowest BCUT2D eigenvalue weighted by molar-refractivity contribution is -0.132. The van der Waals surface area contributed by atoms with Gasteiger partial charge >= 0.3 is 0 Å². The van der Waals surface area contributed by atoms with Gasteiger partial charge < -0.3 is 20.7 Å². The third kappa shape index (κ3) is 3.94. The summed E-state index contributed by atoms with van der Waals surface area (Å²) in [5.41, 5.74) is 0.125. The minimum atomic E-state index is -0.724. The summed E-state index contributed by atoms with van der Waals surface area (Å²) in [4.78, 5) is 24.9. The standard InChI is InChI=1S/C23H33N3O3/c1-14(27)25-23-11-15-9-16(12-23)20(17(10-15)13-23)24-21(28)22(2,3)26-18-5-7-19(29-4)8-6-18/h5-8,15-17,20,26H,9-13H2,1-4H3,(H,24,28)(H,25,27)/t15?,16-,17+,20+,23+. The van der Waals surface area contributed by atoms with E-state index in [0.717, 1.165) is 43.5 Å². The monoisotopic (exact) mass is 399 g/mol. The Morgan fingerprint density at radius 2 is 1.69 bits per heavy atom. The molecule has 4 saturated carbocycles. The number of benzene rings is 1. The van der Waals surface area contributed by atoms with Crippen LogP contribution in [-0.4, -0.2) is 36.0 Å². The van der Waals surface area contributed by atoms with Crippen molar-refractivity contribution in [3.63, 3.8) is 0 Å². The molecule has 5 atom stereocenters. The van der Waals surface area contributed by atoms with Gasteiger partial charge in [0, 0.05) is 24.2 Å². The van der Waals surface area contributed by atoms with Gasteiger partial charge in [-0.2, -0.15) is 0 Å². The molecule has 4 bridgehead atoms. The van der Waals surface area contributed by atoms with Crippen molar-refractivity contribution < 1.29 is 14.3 Å². The first-order chi connectivity index (χ1) is 13.7. The Labute approximate surface area is 173 Å². The number of amides is 2. The first-order valence-corrected chi connectivity index (χ1v) is 10.7. The predicted octanol–water partition coefficient (Wildman–Crippen LogP) is 3.09. The van der Waals surface area contributed by atoms with Crippen molar-refractivity contribution in [1.29, 1.82) is 0 Å². The average molecular weight is 400 g/mol. The van der Waals surface area contributed by atoms with Crippen molar-refractivity contribution in [2.45, 2.75) is 70.0 Å². The van der Waals surface area contributed by atoms with Crippen LogP contribution in [0.1, 0.15) is 52.9 Å². The van der Waals surface area contributed by atoms with E-state index in [9.17, 15) is 9.59 Å². The molecule has 0 spiro atoms. The predicted molar refractivity (Wildman–Crippen MR) is 113 cm³/mol. The second-order valence-electron chi connectivity index (χ2n) is 9.91. The van der Waals surface area contributed by atoms with Crippen LogP contribution in [0.5, 0.6) is 5.75 Å². The lowest BCUT2D eigenvalue weighted by atomic mass is 9.51. The van der Waals surface area contributed by atoms with Crippen LogP contribution in [0.2, 0.25) is 0 Å². The fourth-order valence-corrected chi connectivity index (χ4v) is 6.21. The molecule has 4 aliphatic carbocycles. The van der Waals surface area contributed by atoms with Gasteiger partial charge in [-0.15, -0.1) is 0 Å². The number of carbonyl (C=O) groups excluding carboxylic acids is 2. The van der Waals surface area contributed by atoms with Crippen molar-refractivity contribution in [1.82, 2.24) is 10.6 Å². The van der Waals surface area contributed by atoms with E-state index in [1.807, 2.05) is 38.1 Å². The van der Waals surface area contributed by atoms with Crippen LogP contribution in [0.25, 0.3) is 0 Å². The maximum atomic E-state index is 13.2. The van der Waals surface area contributed by atoms with E-state index in [1.54, 1.807) is 14.0 Å². The fraction of sp³-hybridized carbons (Fsp3) is 0.652. The Bertz CT molecular complexity index is 773. The highest BCUT2D eigenvalue weighted by Crippen LogP contribution is 2.55. The van der Waals surface area contributed by atoms with Crippen molar-refractivity contribution >= 4 is 17.5 Å². The van der Waals surface area contributed by atoms with Crippen LogP contribution in [0, 0.1) is 17.8 Å². The van der Waals surface area contributed by atoms with Crippen LogP contribution in [0.4, 0.5) is 5.69 Å². The van der Waals surface area contributed by atoms with Crippen LogP contribution in [0.15, 0.2) is 24.3 Å². The smallest absolute Gasteiger partial charge is 0.245 e. The van der Waals surface area contributed by atoms with Crippen LogP contribution >= 0.6 is 0 Å². The van der Waals surface area contributed by atoms with Gasteiger partial charge in [-0.1, -0.05) is 0 Å². The molecule has 158 valence electrons. The van der Waals surface area contributed by atoms with E-state index >= 15 is 0 Å². The SMILES string of the molecule is COc1ccc(NC(C)(C)C(=O)N[C@H]2[C@@H]3CC4C[C@H]2C[C@](NC(C)=O)(C4)C3)cc1. The summed E-state index contributed by atoms with van der Waals surface area (Å²) in [6, 6.07) is 7.82. The van der Waals surface area contributed by atoms with Crippen molar-refractivity contribution in [3.05, 3.63) is 24.3 Å². The minimum absolute atomic E-state index is 0.0272. The van der Waals surface area contributed by atoms with E-state index < -0.39 is 5.54 Å². The average Bonchev–Trinajstić information content (AvgIpc) is 2.63. The molecule has 6 heteroatoms. The van der Waals surface area contributed by atoms with Gasteiger partial charge in [-0.3, -0.25) is 9.59 Å². The molecule has 6 nitrogen and oxygen atoms in total. The van der Waals surface area contributed by atoms with Gasteiger partial charge in [-0.05, 0) is 88.0 Å². The van der Waals surface area contributed by atoms with E-state index in [4.69, 9.17) is 4.74 Å². The molecule has 1 aromatic rings. The Morgan fingerprint density at radius 3 is 2.24 bits per heavy atom. The summed E-state index contributed by atoms with van der Waals surface area (Å²) in [7, 11) is 1.64. The topological polar surface area (TPSA) is 79.5 Å². The highest BCUT2D eigenvalue weighted by atomic mass is 16.5. The van der Waals surface area contributed by atoms with Gasteiger partial charge in [0.2, 0.25) is 11.8 Å². The second-order valence-corrected chi connectivity index (χ2v) is 9.91. The van der Waals surface area contributed by atoms with Crippen LogP contribution < -0.4 is 20.7 Å². The van der Waals surface area contributed by atoms with Crippen LogP contribution in [-0.2, 0) is 9.59 Å². The number of hydrogen-bond acceptors (Lipinski definition) is 4. The van der Waals surface area contributed by atoms with E-state index in [-0.39, 0.29) is 23.4 Å². The summed E-state index contributed by atoms with van der Waals surface area (Å²) >= 11 is 0. The molecular weight excluding hydrogens is 366 g/mol. The zero-order valence-corrected chi connectivity index (χ0v) is 17.9. The lowest BCUT2D eigenvalue weighted by Crippen LogP contribution is -2.67. The Hall–Kier alpha value is -2.24. The quantitative estimate of drug-likeness (QED) is 0.687. The number of carbonyl (C=O) groups is 2. The number of rotatable bonds is 6. The normalized spacial score (nSPS) is 32.6. The first-order valence-electron chi connectivity index (χ1n) is 10.7. The zero-order valence-electron chi connectivity index (χ0n) is 17.9. The van der Waals surface area contributed by atoms with Crippen LogP contribution in [0.3, 0.4) is 0 Å². The third-order valence-electron chi connectivity index (χ3n) is 7.13. The molecular formula is C23H33N3O3. The molecule has 29 heavy (non-hydrogen) atoms. The summed E-state index contributed by atoms with van der Waals surface area (Å²) in [6.45, 7) is 5.45. The molecule has 1 unspecified atom stereocenters. The Morgan fingerprint density at radius 1 is 1.07 bits per heavy atom. The Balaban J connectivity index is 1.42. The molecule has 0 aromatic heterocycles. The maximum absolute atomic E-state index is 13.2. The molecule has 4 fully saturated rings. The first kappa shape index (κ1) is 20.0. The molecule has 0 saturated heterocycles. The summed E-state index contributed by atoms with van der Waals surface area (Å²) < 4.78 is 5.20. The van der Waals surface area contributed by atoms with E-state index in [2.05, 4.69) is 16.0 Å². The molecule has 0 radical (unpaired) electrons. The van der Waals surface area contributed by atoms with E-state index in [1.165, 1.54) is 0 Å². The molecule has 0 aliphatic heterocycles. The number of hydrogen-bond donors (Lipinski definition) is 3. The van der Waals surface area contributed by atoms with Gasteiger partial charge in [0.1, 0.15) is 11.3 Å². The summed E-state index contributed by atoms with van der Waals surface area (Å²) in [5, 5.41) is 9.99. The van der Waals surface area contributed by atoms with Crippen molar-refractivity contribution in [2.24, 2.45) is 17.8 Å². The molecule has 1 aromatic carbocycles. The van der Waals surface area contributed by atoms with Gasteiger partial charge in [-0.25, -0.2) is 0 Å². The molecule has 0 heterocycles. The lowest BCUT2D eigenvalue weighted by Gasteiger charge is -2.60. The minimum Gasteiger partial charge on any atom is -0.497 e. The second kappa shape index (κ2) is 7.22. The van der Waals surface area contributed by atoms with E-state index in [0.29, 0.717) is 17.8 Å². The molecule has 3 N–H and O–H groups in total. The number of anilines is 1. The van der Waals surface area contributed by atoms with Gasteiger partial charge in [0.05, 0.1) is 7.11 Å². The highest BCUT2D eigenvalue weighted by molar-refractivity contribution is 5.88. The number of methoxy groups -OCH3 is 1. The third-order valence-corrected chi connectivity index (χ3v) is 7.13. The van der Waals surface area contributed by atoms with Crippen molar-refractivity contribution in [2.75, 3.05) is 12.4 Å². The molecule has 2 amide bonds. The number of ether oxygens (including phenoxy) is 1. The maximum Gasteiger partial charge on any atom is 0.245 e. The molecule has 5 rings (SSSR count). The summed E-state index contributed by atoms with van der Waals surface area (Å²) in [6.07, 6.45) is 5.39. The van der Waals surface area contributed by atoms with Crippen molar-refractivity contribution in [3.8, 4) is 5.75 Å². The molecule has 4 aliphatic rings.